The maximum absolute atomic E-state index is 14.0. The maximum Gasteiger partial charge on any atom is 0.128 e. The van der Waals surface area contributed by atoms with Crippen LogP contribution in [0.2, 0.25) is 5.02 Å². The fourth-order valence-corrected chi connectivity index (χ4v) is 2.67. The average Bonchev–Trinajstić information content (AvgIpc) is 2.33. The van der Waals surface area contributed by atoms with E-state index in [-0.39, 0.29) is 11.2 Å². The second-order valence-electron chi connectivity index (χ2n) is 4.36. The quantitative estimate of drug-likeness (QED) is 0.807. The highest BCUT2D eigenvalue weighted by molar-refractivity contribution is 6.31. The SMILES string of the molecule is CCNCC(CC)(CC)c1c(F)cccc1Cl. The monoisotopic (exact) mass is 257 g/mol. The topological polar surface area (TPSA) is 12.0 Å². The molecule has 0 aliphatic rings. The molecule has 1 rings (SSSR count). The summed E-state index contributed by atoms with van der Waals surface area (Å²) in [4.78, 5) is 0. The zero-order chi connectivity index (χ0) is 12.9. The Balaban J connectivity index is 3.21. The van der Waals surface area contributed by atoms with Gasteiger partial charge in [0.15, 0.2) is 0 Å². The van der Waals surface area contributed by atoms with Crippen LogP contribution in [0, 0.1) is 5.82 Å². The third-order valence-electron chi connectivity index (χ3n) is 3.56. The van der Waals surface area contributed by atoms with Crippen molar-refractivity contribution in [2.45, 2.75) is 39.0 Å². The lowest BCUT2D eigenvalue weighted by Gasteiger charge is -2.33. The summed E-state index contributed by atoms with van der Waals surface area (Å²) in [5.41, 5.74) is 0.450. The molecule has 0 radical (unpaired) electrons. The van der Waals surface area contributed by atoms with E-state index in [0.717, 1.165) is 25.9 Å². The molecule has 3 heteroatoms. The van der Waals surface area contributed by atoms with E-state index in [9.17, 15) is 4.39 Å². The number of hydrogen-bond donors (Lipinski definition) is 1. The van der Waals surface area contributed by atoms with Crippen molar-refractivity contribution in [2.24, 2.45) is 0 Å². The molecule has 1 aromatic carbocycles. The van der Waals surface area contributed by atoms with Gasteiger partial charge in [0, 0.05) is 22.5 Å². The second-order valence-corrected chi connectivity index (χ2v) is 4.77. The van der Waals surface area contributed by atoms with Gasteiger partial charge in [0.2, 0.25) is 0 Å². The number of likely N-dealkylation sites (N-methyl/N-ethyl adjacent to an activating group) is 1. The zero-order valence-corrected chi connectivity index (χ0v) is 11.6. The fraction of sp³-hybridized carbons (Fsp3) is 0.571. The predicted molar refractivity (Wildman–Crippen MR) is 72.2 cm³/mol. The zero-order valence-electron chi connectivity index (χ0n) is 10.8. The highest BCUT2D eigenvalue weighted by Gasteiger charge is 2.32. The minimum atomic E-state index is -0.210. The lowest BCUT2D eigenvalue weighted by Crippen LogP contribution is -2.38. The molecule has 0 amide bonds. The van der Waals surface area contributed by atoms with E-state index in [4.69, 9.17) is 11.6 Å². The molecule has 0 aliphatic heterocycles. The predicted octanol–water partition coefficient (Wildman–Crippen LogP) is 4.15. The lowest BCUT2D eigenvalue weighted by molar-refractivity contribution is 0.357. The van der Waals surface area contributed by atoms with Gasteiger partial charge in [-0.2, -0.15) is 0 Å². The van der Waals surface area contributed by atoms with Crippen molar-refractivity contribution in [3.05, 3.63) is 34.6 Å². The van der Waals surface area contributed by atoms with Gasteiger partial charge >= 0.3 is 0 Å². The normalized spacial score (nSPS) is 11.8. The molecule has 17 heavy (non-hydrogen) atoms. The smallest absolute Gasteiger partial charge is 0.128 e. The Morgan fingerprint density at radius 2 is 1.88 bits per heavy atom. The number of halogens is 2. The van der Waals surface area contributed by atoms with Crippen LogP contribution in [0.15, 0.2) is 18.2 Å². The Bertz CT molecular complexity index is 341. The molecule has 0 spiro atoms. The first-order chi connectivity index (χ1) is 8.11. The van der Waals surface area contributed by atoms with Crippen LogP contribution in [0.25, 0.3) is 0 Å². The highest BCUT2D eigenvalue weighted by Crippen LogP contribution is 2.37. The van der Waals surface area contributed by atoms with E-state index in [2.05, 4.69) is 26.1 Å². The number of rotatable bonds is 6. The standard InChI is InChI=1S/C14H21ClFN/c1-4-14(5-2,10-17-6-3)13-11(15)8-7-9-12(13)16/h7-9,17H,4-6,10H2,1-3H3. The molecule has 0 atom stereocenters. The summed E-state index contributed by atoms with van der Waals surface area (Å²) >= 11 is 6.18. The molecule has 0 saturated carbocycles. The van der Waals surface area contributed by atoms with E-state index in [1.807, 2.05) is 0 Å². The first kappa shape index (κ1) is 14.5. The number of hydrogen-bond acceptors (Lipinski definition) is 1. The van der Waals surface area contributed by atoms with Gasteiger partial charge in [-0.15, -0.1) is 0 Å². The van der Waals surface area contributed by atoms with Crippen LogP contribution in [-0.4, -0.2) is 13.1 Å². The third kappa shape index (κ3) is 2.99. The summed E-state index contributed by atoms with van der Waals surface area (Å²) in [6, 6.07) is 4.92. The molecule has 0 heterocycles. The molecule has 0 aromatic heterocycles. The van der Waals surface area contributed by atoms with Gasteiger partial charge in [0.05, 0.1) is 0 Å². The number of nitrogens with one attached hydrogen (secondary N) is 1. The molecular weight excluding hydrogens is 237 g/mol. The molecule has 0 unspecified atom stereocenters. The van der Waals surface area contributed by atoms with Gasteiger partial charge in [-0.05, 0) is 31.5 Å². The van der Waals surface area contributed by atoms with Crippen molar-refractivity contribution in [3.63, 3.8) is 0 Å². The summed E-state index contributed by atoms with van der Waals surface area (Å²) < 4.78 is 14.0. The molecule has 0 aliphatic carbocycles. The summed E-state index contributed by atoms with van der Waals surface area (Å²) in [5.74, 6) is -0.195. The molecule has 1 aromatic rings. The van der Waals surface area contributed by atoms with Gasteiger partial charge in [0.25, 0.3) is 0 Å². The summed E-state index contributed by atoms with van der Waals surface area (Å²) in [5, 5.41) is 3.85. The van der Waals surface area contributed by atoms with Crippen LogP contribution in [0.4, 0.5) is 4.39 Å². The Morgan fingerprint density at radius 1 is 1.24 bits per heavy atom. The van der Waals surface area contributed by atoms with Crippen molar-refractivity contribution in [1.29, 1.82) is 0 Å². The van der Waals surface area contributed by atoms with E-state index in [0.29, 0.717) is 10.6 Å². The van der Waals surface area contributed by atoms with Crippen molar-refractivity contribution < 1.29 is 4.39 Å². The van der Waals surface area contributed by atoms with Crippen LogP contribution < -0.4 is 5.32 Å². The Kier molecular flexibility index (Phi) is 5.41. The molecule has 1 nitrogen and oxygen atoms in total. The van der Waals surface area contributed by atoms with Crippen LogP contribution >= 0.6 is 11.6 Å². The molecular formula is C14H21ClFN. The van der Waals surface area contributed by atoms with E-state index >= 15 is 0 Å². The van der Waals surface area contributed by atoms with Gasteiger partial charge in [0.1, 0.15) is 5.82 Å². The first-order valence-electron chi connectivity index (χ1n) is 6.26. The maximum atomic E-state index is 14.0. The Hall–Kier alpha value is -0.600. The Morgan fingerprint density at radius 3 is 2.35 bits per heavy atom. The second kappa shape index (κ2) is 6.36. The van der Waals surface area contributed by atoms with Crippen molar-refractivity contribution in [1.82, 2.24) is 5.32 Å². The Labute approximate surface area is 108 Å². The molecule has 0 bridgehead atoms. The van der Waals surface area contributed by atoms with Crippen LogP contribution in [-0.2, 0) is 5.41 Å². The van der Waals surface area contributed by atoms with Crippen LogP contribution in [0.1, 0.15) is 39.2 Å². The lowest BCUT2D eigenvalue weighted by atomic mass is 9.75. The van der Waals surface area contributed by atoms with Crippen LogP contribution in [0.5, 0.6) is 0 Å². The highest BCUT2D eigenvalue weighted by atomic mass is 35.5. The van der Waals surface area contributed by atoms with E-state index < -0.39 is 0 Å². The minimum absolute atomic E-state index is 0.195. The van der Waals surface area contributed by atoms with Crippen molar-refractivity contribution in [3.8, 4) is 0 Å². The average molecular weight is 258 g/mol. The van der Waals surface area contributed by atoms with Crippen molar-refractivity contribution >= 4 is 11.6 Å². The molecule has 0 fully saturated rings. The first-order valence-corrected chi connectivity index (χ1v) is 6.64. The van der Waals surface area contributed by atoms with Gasteiger partial charge in [-0.25, -0.2) is 4.39 Å². The molecule has 1 N–H and O–H groups in total. The molecule has 96 valence electrons. The van der Waals surface area contributed by atoms with Gasteiger partial charge in [-0.1, -0.05) is 38.4 Å². The summed E-state index contributed by atoms with van der Waals surface area (Å²) in [6.45, 7) is 7.87. The third-order valence-corrected chi connectivity index (χ3v) is 3.88. The summed E-state index contributed by atoms with van der Waals surface area (Å²) in [6.07, 6.45) is 1.74. The summed E-state index contributed by atoms with van der Waals surface area (Å²) in [7, 11) is 0. The minimum Gasteiger partial charge on any atom is -0.316 e. The van der Waals surface area contributed by atoms with E-state index in [1.165, 1.54) is 6.07 Å². The van der Waals surface area contributed by atoms with Gasteiger partial charge < -0.3 is 5.32 Å². The van der Waals surface area contributed by atoms with Gasteiger partial charge in [-0.3, -0.25) is 0 Å². The van der Waals surface area contributed by atoms with E-state index in [1.54, 1.807) is 12.1 Å². The fourth-order valence-electron chi connectivity index (χ4n) is 2.31. The largest absolute Gasteiger partial charge is 0.316 e. The molecule has 0 saturated heterocycles. The van der Waals surface area contributed by atoms with Crippen LogP contribution in [0.3, 0.4) is 0 Å². The van der Waals surface area contributed by atoms with Crippen molar-refractivity contribution in [2.75, 3.05) is 13.1 Å². The number of benzene rings is 1.